The number of carboxylic acid groups (broad SMARTS) is 1. The van der Waals surface area contributed by atoms with E-state index in [2.05, 4.69) is 10.6 Å². The van der Waals surface area contributed by atoms with Crippen LogP contribution in [0.2, 0.25) is 0 Å². The Hall–Kier alpha value is -1.59. The van der Waals surface area contributed by atoms with Crippen LogP contribution >= 0.6 is 0 Å². The van der Waals surface area contributed by atoms with Gasteiger partial charge in [0.25, 0.3) is 0 Å². The van der Waals surface area contributed by atoms with Crippen LogP contribution in [0.25, 0.3) is 0 Å². The first-order chi connectivity index (χ1) is 9.52. The van der Waals surface area contributed by atoms with Crippen LogP contribution in [0.4, 0.5) is 0 Å². The number of carbonyl (C=O) groups is 3. The maximum atomic E-state index is 11.7. The van der Waals surface area contributed by atoms with Crippen LogP contribution in [-0.2, 0) is 14.4 Å². The number of rotatable bonds is 8. The molecule has 0 bridgehead atoms. The number of hydrogen-bond acceptors (Lipinski definition) is 3. The smallest absolute Gasteiger partial charge is 0.303 e. The van der Waals surface area contributed by atoms with Crippen LogP contribution < -0.4 is 10.6 Å². The monoisotopic (exact) mass is 300 g/mol. The fraction of sp³-hybridized carbons (Fsp3) is 0.800. The highest BCUT2D eigenvalue weighted by atomic mass is 16.4. The maximum Gasteiger partial charge on any atom is 0.303 e. The Morgan fingerprint density at radius 3 is 2.10 bits per heavy atom. The van der Waals surface area contributed by atoms with E-state index in [0.29, 0.717) is 12.5 Å². The maximum absolute atomic E-state index is 11.7. The number of aliphatic carboxylic acids is 1. The molecular formula is C15H28N2O4. The predicted molar refractivity (Wildman–Crippen MR) is 80.7 cm³/mol. The molecule has 0 aromatic carbocycles. The molecular weight excluding hydrogens is 272 g/mol. The van der Waals surface area contributed by atoms with E-state index in [1.54, 1.807) is 20.8 Å². The van der Waals surface area contributed by atoms with E-state index in [1.807, 2.05) is 13.8 Å². The SMILES string of the molecule is CC(C)CC(CNC(=O)CNC(=O)C(C)(C)C)CC(=O)O. The lowest BCUT2D eigenvalue weighted by Crippen LogP contribution is -2.43. The number of amides is 2. The quantitative estimate of drug-likeness (QED) is 0.631. The van der Waals surface area contributed by atoms with Gasteiger partial charge < -0.3 is 15.7 Å². The van der Waals surface area contributed by atoms with Crippen molar-refractivity contribution in [1.82, 2.24) is 10.6 Å². The van der Waals surface area contributed by atoms with E-state index in [1.165, 1.54) is 0 Å². The summed E-state index contributed by atoms with van der Waals surface area (Å²) in [4.78, 5) is 34.1. The molecule has 2 amide bonds. The molecule has 0 saturated carbocycles. The lowest BCUT2D eigenvalue weighted by molar-refractivity contribution is -0.138. The van der Waals surface area contributed by atoms with Crippen molar-refractivity contribution in [1.29, 1.82) is 0 Å². The number of carboxylic acids is 1. The average molecular weight is 300 g/mol. The highest BCUT2D eigenvalue weighted by Gasteiger charge is 2.21. The van der Waals surface area contributed by atoms with Crippen LogP contribution in [0, 0.1) is 17.3 Å². The summed E-state index contributed by atoms with van der Waals surface area (Å²) < 4.78 is 0. The molecule has 1 unspecified atom stereocenters. The number of carbonyl (C=O) groups excluding carboxylic acids is 2. The summed E-state index contributed by atoms with van der Waals surface area (Å²) in [5.74, 6) is -1.08. The summed E-state index contributed by atoms with van der Waals surface area (Å²) in [6.07, 6.45) is 0.772. The second-order valence-electron chi connectivity index (χ2n) is 6.83. The van der Waals surface area contributed by atoms with Gasteiger partial charge >= 0.3 is 5.97 Å². The normalized spacial score (nSPS) is 12.9. The minimum absolute atomic E-state index is 0.0345. The van der Waals surface area contributed by atoms with E-state index in [4.69, 9.17) is 5.11 Å². The van der Waals surface area contributed by atoms with Crippen LogP contribution in [0.1, 0.15) is 47.5 Å². The minimum Gasteiger partial charge on any atom is -0.481 e. The van der Waals surface area contributed by atoms with Crippen molar-refractivity contribution in [2.75, 3.05) is 13.1 Å². The molecule has 0 aromatic heterocycles. The molecule has 0 heterocycles. The van der Waals surface area contributed by atoms with E-state index in [0.717, 1.165) is 6.42 Å². The zero-order valence-corrected chi connectivity index (χ0v) is 13.7. The summed E-state index contributed by atoms with van der Waals surface area (Å²) in [5.41, 5.74) is -0.538. The van der Waals surface area contributed by atoms with Crippen molar-refractivity contribution >= 4 is 17.8 Å². The van der Waals surface area contributed by atoms with Crippen molar-refractivity contribution in [2.45, 2.75) is 47.5 Å². The van der Waals surface area contributed by atoms with Crippen molar-refractivity contribution < 1.29 is 19.5 Å². The van der Waals surface area contributed by atoms with Gasteiger partial charge in [0.2, 0.25) is 11.8 Å². The Morgan fingerprint density at radius 2 is 1.67 bits per heavy atom. The van der Waals surface area contributed by atoms with Gasteiger partial charge in [0, 0.05) is 18.4 Å². The Morgan fingerprint density at radius 1 is 1.10 bits per heavy atom. The summed E-state index contributed by atoms with van der Waals surface area (Å²) in [6.45, 7) is 9.57. The second-order valence-corrected chi connectivity index (χ2v) is 6.83. The molecule has 122 valence electrons. The lowest BCUT2D eigenvalue weighted by Gasteiger charge is -2.19. The van der Waals surface area contributed by atoms with Gasteiger partial charge in [-0.3, -0.25) is 14.4 Å². The largest absolute Gasteiger partial charge is 0.481 e. The summed E-state index contributed by atoms with van der Waals surface area (Å²) in [7, 11) is 0. The fourth-order valence-electron chi connectivity index (χ4n) is 1.90. The van der Waals surface area contributed by atoms with Gasteiger partial charge in [0.05, 0.1) is 6.54 Å². The third-order valence-corrected chi connectivity index (χ3v) is 2.95. The molecule has 0 aliphatic rings. The predicted octanol–water partition coefficient (Wildman–Crippen LogP) is 1.40. The van der Waals surface area contributed by atoms with E-state index >= 15 is 0 Å². The molecule has 3 N–H and O–H groups in total. The standard InChI is InChI=1S/C15H28N2O4/c1-10(2)6-11(7-13(19)20)8-16-12(18)9-17-14(21)15(3,4)5/h10-11H,6-9H2,1-5H3,(H,16,18)(H,17,21)(H,19,20). The topological polar surface area (TPSA) is 95.5 Å². The van der Waals surface area contributed by atoms with Crippen LogP contribution in [-0.4, -0.2) is 36.0 Å². The van der Waals surface area contributed by atoms with Gasteiger partial charge in [-0.2, -0.15) is 0 Å². The molecule has 0 rings (SSSR count). The lowest BCUT2D eigenvalue weighted by atomic mass is 9.94. The zero-order valence-electron chi connectivity index (χ0n) is 13.7. The van der Waals surface area contributed by atoms with Gasteiger partial charge in [-0.1, -0.05) is 34.6 Å². The highest BCUT2D eigenvalue weighted by Crippen LogP contribution is 2.14. The van der Waals surface area contributed by atoms with E-state index in [9.17, 15) is 14.4 Å². The molecule has 6 heteroatoms. The number of hydrogen-bond donors (Lipinski definition) is 3. The minimum atomic E-state index is -0.865. The molecule has 1 atom stereocenters. The third kappa shape index (κ3) is 9.87. The highest BCUT2D eigenvalue weighted by molar-refractivity contribution is 5.87. The Balaban J connectivity index is 4.18. The molecule has 6 nitrogen and oxygen atoms in total. The average Bonchev–Trinajstić information content (AvgIpc) is 2.30. The van der Waals surface area contributed by atoms with Gasteiger partial charge in [-0.25, -0.2) is 0 Å². The zero-order chi connectivity index (χ0) is 16.6. The first-order valence-corrected chi connectivity index (χ1v) is 7.29. The van der Waals surface area contributed by atoms with Crippen LogP contribution in [0.5, 0.6) is 0 Å². The number of nitrogens with one attached hydrogen (secondary N) is 2. The third-order valence-electron chi connectivity index (χ3n) is 2.95. The van der Waals surface area contributed by atoms with Crippen molar-refractivity contribution in [3.05, 3.63) is 0 Å². The molecule has 0 saturated heterocycles. The van der Waals surface area contributed by atoms with Crippen molar-refractivity contribution in [2.24, 2.45) is 17.3 Å². The Kier molecular flexibility index (Phi) is 7.99. The molecule has 0 aliphatic heterocycles. The Bertz CT molecular complexity index is 372. The van der Waals surface area contributed by atoms with Gasteiger partial charge in [0.1, 0.15) is 0 Å². The summed E-state index contributed by atoms with van der Waals surface area (Å²) >= 11 is 0. The first-order valence-electron chi connectivity index (χ1n) is 7.29. The van der Waals surface area contributed by atoms with Crippen molar-refractivity contribution in [3.63, 3.8) is 0 Å². The van der Waals surface area contributed by atoms with Gasteiger partial charge in [-0.15, -0.1) is 0 Å². The molecule has 0 aliphatic carbocycles. The molecule has 0 spiro atoms. The Labute approximate surface area is 126 Å². The summed E-state index contributed by atoms with van der Waals surface area (Å²) in [6, 6.07) is 0. The molecule has 0 aromatic rings. The van der Waals surface area contributed by atoms with Crippen LogP contribution in [0.15, 0.2) is 0 Å². The molecule has 0 fully saturated rings. The first kappa shape index (κ1) is 19.4. The van der Waals surface area contributed by atoms with E-state index in [-0.39, 0.29) is 30.7 Å². The van der Waals surface area contributed by atoms with Crippen molar-refractivity contribution in [3.8, 4) is 0 Å². The van der Waals surface area contributed by atoms with Crippen LogP contribution in [0.3, 0.4) is 0 Å². The molecule has 21 heavy (non-hydrogen) atoms. The fourth-order valence-corrected chi connectivity index (χ4v) is 1.90. The second kappa shape index (κ2) is 8.64. The molecule has 0 radical (unpaired) electrons. The van der Waals surface area contributed by atoms with Gasteiger partial charge in [0.15, 0.2) is 0 Å². The van der Waals surface area contributed by atoms with Gasteiger partial charge in [-0.05, 0) is 18.3 Å². The summed E-state index contributed by atoms with van der Waals surface area (Å²) in [5, 5.41) is 14.1. The van der Waals surface area contributed by atoms with E-state index < -0.39 is 11.4 Å².